The van der Waals surface area contributed by atoms with E-state index in [4.69, 9.17) is 5.26 Å². The third-order valence-corrected chi connectivity index (χ3v) is 3.11. The normalized spacial score (nSPS) is 9.95. The van der Waals surface area contributed by atoms with E-state index in [0.29, 0.717) is 5.56 Å². The fraction of sp³-hybridized carbons (Fsp3) is 0.188. The van der Waals surface area contributed by atoms with Crippen molar-refractivity contribution in [3.8, 4) is 11.8 Å². The molecular weight excluding hydrogens is 236 g/mol. The van der Waals surface area contributed by atoms with Gasteiger partial charge in [-0.1, -0.05) is 6.07 Å². The van der Waals surface area contributed by atoms with E-state index in [1.165, 1.54) is 0 Å². The molecule has 0 amide bonds. The summed E-state index contributed by atoms with van der Waals surface area (Å²) in [4.78, 5) is 2.11. The third kappa shape index (κ3) is 2.69. The molecule has 3 nitrogen and oxygen atoms in total. The highest BCUT2D eigenvalue weighted by atomic mass is 16.3. The van der Waals surface area contributed by atoms with E-state index in [9.17, 15) is 5.11 Å². The van der Waals surface area contributed by atoms with Crippen molar-refractivity contribution < 1.29 is 5.11 Å². The maximum Gasteiger partial charge on any atom is 0.117 e. The van der Waals surface area contributed by atoms with Gasteiger partial charge in [0.1, 0.15) is 5.75 Å². The molecule has 2 aromatic carbocycles. The topological polar surface area (TPSA) is 47.3 Å². The molecule has 0 bridgehead atoms. The number of aromatic hydroxyl groups is 1. The number of phenols is 1. The van der Waals surface area contributed by atoms with Gasteiger partial charge >= 0.3 is 0 Å². The van der Waals surface area contributed by atoms with E-state index in [-0.39, 0.29) is 5.75 Å². The van der Waals surface area contributed by atoms with Gasteiger partial charge in [0.25, 0.3) is 0 Å². The summed E-state index contributed by atoms with van der Waals surface area (Å²) >= 11 is 0. The van der Waals surface area contributed by atoms with Crippen molar-refractivity contribution in [1.82, 2.24) is 0 Å². The van der Waals surface area contributed by atoms with E-state index in [0.717, 1.165) is 23.5 Å². The number of hydrogen-bond donors (Lipinski definition) is 1. The summed E-state index contributed by atoms with van der Waals surface area (Å²) in [5.74, 6) is 0.257. The number of rotatable bonds is 3. The highest BCUT2D eigenvalue weighted by molar-refractivity contribution is 5.68. The van der Waals surface area contributed by atoms with Crippen LogP contribution in [-0.2, 0) is 0 Å². The van der Waals surface area contributed by atoms with Crippen LogP contribution in [0.5, 0.6) is 5.75 Å². The van der Waals surface area contributed by atoms with Crippen molar-refractivity contribution in [2.75, 3.05) is 11.4 Å². The molecule has 0 aliphatic carbocycles. The number of hydrogen-bond acceptors (Lipinski definition) is 3. The molecule has 0 aliphatic heterocycles. The van der Waals surface area contributed by atoms with Gasteiger partial charge < -0.3 is 10.0 Å². The summed E-state index contributed by atoms with van der Waals surface area (Å²) < 4.78 is 0. The lowest BCUT2D eigenvalue weighted by molar-refractivity contribution is 0.475. The van der Waals surface area contributed by atoms with Gasteiger partial charge in [0, 0.05) is 24.0 Å². The maximum absolute atomic E-state index is 9.64. The SMILES string of the molecule is CCN(c1ccc(C#N)cc1)c1cc(O)ccc1C. The quantitative estimate of drug-likeness (QED) is 0.905. The van der Waals surface area contributed by atoms with Crippen molar-refractivity contribution in [3.05, 3.63) is 53.6 Å². The second-order valence-electron chi connectivity index (χ2n) is 4.37. The summed E-state index contributed by atoms with van der Waals surface area (Å²) in [5, 5.41) is 18.5. The molecule has 0 unspecified atom stereocenters. The first kappa shape index (κ1) is 13.0. The molecule has 0 aliphatic rings. The highest BCUT2D eigenvalue weighted by Gasteiger charge is 2.10. The molecule has 0 saturated carbocycles. The average Bonchev–Trinajstić information content (AvgIpc) is 2.44. The molecule has 1 N–H and O–H groups in total. The van der Waals surface area contributed by atoms with Crippen LogP contribution in [-0.4, -0.2) is 11.7 Å². The van der Waals surface area contributed by atoms with Crippen LogP contribution in [0.1, 0.15) is 18.1 Å². The van der Waals surface area contributed by atoms with Gasteiger partial charge in [-0.3, -0.25) is 0 Å². The fourth-order valence-corrected chi connectivity index (χ4v) is 2.10. The van der Waals surface area contributed by atoms with E-state index in [1.54, 1.807) is 24.3 Å². The molecule has 0 atom stereocenters. The first-order valence-corrected chi connectivity index (χ1v) is 6.23. The van der Waals surface area contributed by atoms with Gasteiger partial charge in [-0.05, 0) is 49.7 Å². The van der Waals surface area contributed by atoms with Crippen LogP contribution in [0.25, 0.3) is 0 Å². The molecule has 0 saturated heterocycles. The van der Waals surface area contributed by atoms with Crippen LogP contribution < -0.4 is 4.90 Å². The molecule has 0 fully saturated rings. The van der Waals surface area contributed by atoms with Crippen LogP contribution >= 0.6 is 0 Å². The Kier molecular flexibility index (Phi) is 3.72. The number of aryl methyl sites for hydroxylation is 1. The zero-order chi connectivity index (χ0) is 13.8. The van der Waals surface area contributed by atoms with E-state index in [2.05, 4.69) is 17.9 Å². The van der Waals surface area contributed by atoms with Crippen molar-refractivity contribution in [2.45, 2.75) is 13.8 Å². The lowest BCUT2D eigenvalue weighted by Gasteiger charge is -2.25. The van der Waals surface area contributed by atoms with Crippen LogP contribution in [0.15, 0.2) is 42.5 Å². The van der Waals surface area contributed by atoms with Gasteiger partial charge in [-0.15, -0.1) is 0 Å². The Hall–Kier alpha value is -2.47. The Morgan fingerprint density at radius 2 is 1.84 bits per heavy atom. The smallest absolute Gasteiger partial charge is 0.117 e. The van der Waals surface area contributed by atoms with Gasteiger partial charge in [0.2, 0.25) is 0 Å². The Labute approximate surface area is 113 Å². The van der Waals surface area contributed by atoms with Crippen molar-refractivity contribution in [3.63, 3.8) is 0 Å². The lowest BCUT2D eigenvalue weighted by atomic mass is 10.1. The number of nitriles is 1. The molecule has 0 heterocycles. The standard InChI is InChI=1S/C16H16N2O/c1-3-18(14-7-5-13(11-17)6-8-14)16-10-15(19)9-4-12(16)2/h4-10,19H,3H2,1-2H3. The van der Waals surface area contributed by atoms with Gasteiger partial charge in [0.15, 0.2) is 0 Å². The Balaban J connectivity index is 2.43. The van der Waals surface area contributed by atoms with Crippen LogP contribution in [0, 0.1) is 18.3 Å². The van der Waals surface area contributed by atoms with Crippen LogP contribution in [0.2, 0.25) is 0 Å². The Morgan fingerprint density at radius 1 is 1.16 bits per heavy atom. The largest absolute Gasteiger partial charge is 0.508 e. The van der Waals surface area contributed by atoms with E-state index >= 15 is 0 Å². The monoisotopic (exact) mass is 252 g/mol. The zero-order valence-electron chi connectivity index (χ0n) is 11.1. The number of phenolic OH excluding ortho intramolecular Hbond substituents is 1. The van der Waals surface area contributed by atoms with E-state index in [1.807, 2.05) is 25.1 Å². The molecule has 19 heavy (non-hydrogen) atoms. The minimum absolute atomic E-state index is 0.257. The summed E-state index contributed by atoms with van der Waals surface area (Å²) in [6.07, 6.45) is 0. The van der Waals surface area contributed by atoms with Crippen LogP contribution in [0.4, 0.5) is 11.4 Å². The predicted octanol–water partition coefficient (Wildman–Crippen LogP) is 3.73. The molecule has 2 aromatic rings. The predicted molar refractivity (Wildman–Crippen MR) is 76.7 cm³/mol. The Morgan fingerprint density at radius 3 is 2.42 bits per heavy atom. The van der Waals surface area contributed by atoms with Gasteiger partial charge in [-0.25, -0.2) is 0 Å². The third-order valence-electron chi connectivity index (χ3n) is 3.11. The number of nitrogens with zero attached hydrogens (tertiary/aromatic N) is 2. The van der Waals surface area contributed by atoms with Crippen LogP contribution in [0.3, 0.4) is 0 Å². The summed E-state index contributed by atoms with van der Waals surface area (Å²) in [5.41, 5.74) is 3.74. The van der Waals surface area contributed by atoms with Gasteiger partial charge in [-0.2, -0.15) is 5.26 Å². The second-order valence-corrected chi connectivity index (χ2v) is 4.37. The molecule has 3 heteroatoms. The first-order chi connectivity index (χ1) is 9.15. The first-order valence-electron chi connectivity index (χ1n) is 6.23. The maximum atomic E-state index is 9.64. The molecular formula is C16H16N2O. The molecule has 0 radical (unpaired) electrons. The second kappa shape index (κ2) is 5.45. The lowest BCUT2D eigenvalue weighted by Crippen LogP contribution is -2.16. The van der Waals surface area contributed by atoms with Crippen molar-refractivity contribution in [1.29, 1.82) is 5.26 Å². The highest BCUT2D eigenvalue weighted by Crippen LogP contribution is 2.31. The van der Waals surface area contributed by atoms with Crippen molar-refractivity contribution >= 4 is 11.4 Å². The van der Waals surface area contributed by atoms with Crippen molar-refractivity contribution in [2.24, 2.45) is 0 Å². The molecule has 0 aromatic heterocycles. The van der Waals surface area contributed by atoms with E-state index < -0.39 is 0 Å². The summed E-state index contributed by atoms with van der Waals surface area (Å²) in [6, 6.07) is 14.9. The average molecular weight is 252 g/mol. The minimum Gasteiger partial charge on any atom is -0.508 e. The van der Waals surface area contributed by atoms with Gasteiger partial charge in [0.05, 0.1) is 11.6 Å². The molecule has 2 rings (SSSR count). The molecule has 96 valence electrons. The fourth-order valence-electron chi connectivity index (χ4n) is 2.10. The number of anilines is 2. The summed E-state index contributed by atoms with van der Waals surface area (Å²) in [7, 11) is 0. The Bertz CT molecular complexity index is 612. The number of benzene rings is 2. The minimum atomic E-state index is 0.257. The molecule has 0 spiro atoms. The zero-order valence-corrected chi connectivity index (χ0v) is 11.1. The summed E-state index contributed by atoms with van der Waals surface area (Å²) in [6.45, 7) is 4.86.